The Morgan fingerprint density at radius 2 is 0.875 bits per heavy atom. The number of halogens is 1. The van der Waals surface area contributed by atoms with Gasteiger partial charge in [-0.25, -0.2) is 0 Å². The van der Waals surface area contributed by atoms with Gasteiger partial charge in [-0.1, -0.05) is 134 Å². The minimum Gasteiger partial charge on any atom is -1.00 e. The van der Waals surface area contributed by atoms with E-state index in [0.29, 0.717) is 0 Å². The number of quaternary nitrogens is 1. The fourth-order valence-corrected chi connectivity index (χ4v) is 4.99. The van der Waals surface area contributed by atoms with Crippen molar-refractivity contribution in [2.45, 2.75) is 136 Å². The Morgan fingerprint density at radius 1 is 0.500 bits per heavy atom. The average Bonchev–Trinajstić information content (AvgIpc) is 2.81. The smallest absolute Gasteiger partial charge is 0.104 e. The molecule has 0 radical (unpaired) electrons. The highest BCUT2D eigenvalue weighted by molar-refractivity contribution is 5.13. The highest BCUT2D eigenvalue weighted by Crippen LogP contribution is 2.18. The molecule has 0 N–H and O–H groups in total. The van der Waals surface area contributed by atoms with Crippen LogP contribution in [0.1, 0.15) is 135 Å². The predicted molar refractivity (Wildman–Crippen MR) is 141 cm³/mol. The summed E-state index contributed by atoms with van der Waals surface area (Å²) >= 11 is 0. The summed E-state index contributed by atoms with van der Waals surface area (Å²) in [6, 6.07) is 11.1. The maximum Gasteiger partial charge on any atom is 0.104 e. The van der Waals surface area contributed by atoms with Crippen LogP contribution >= 0.6 is 0 Å². The maximum atomic E-state index is 2.38. The van der Waals surface area contributed by atoms with E-state index in [2.05, 4.69) is 51.1 Å². The number of hydrogen-bond acceptors (Lipinski definition) is 0. The van der Waals surface area contributed by atoms with E-state index in [0.717, 1.165) is 0 Å². The van der Waals surface area contributed by atoms with E-state index < -0.39 is 0 Å². The first kappa shape index (κ1) is 31.7. The largest absolute Gasteiger partial charge is 1.00 e. The molecule has 0 unspecified atom stereocenters. The molecule has 0 aliphatic carbocycles. The van der Waals surface area contributed by atoms with E-state index in [1.807, 2.05) is 0 Å². The molecule has 0 heterocycles. The van der Waals surface area contributed by atoms with Crippen LogP contribution in [-0.4, -0.2) is 24.1 Å². The van der Waals surface area contributed by atoms with Crippen LogP contribution in [0.25, 0.3) is 0 Å². The van der Waals surface area contributed by atoms with Crippen LogP contribution in [0.5, 0.6) is 0 Å². The molecular weight excluding hydrogens is 454 g/mol. The highest BCUT2D eigenvalue weighted by atomic mass is 79.9. The lowest BCUT2D eigenvalue weighted by Crippen LogP contribution is -3.00. The third kappa shape index (κ3) is 16.3. The van der Waals surface area contributed by atoms with E-state index in [4.69, 9.17) is 0 Å². The van der Waals surface area contributed by atoms with Crippen LogP contribution in [0, 0.1) is 0 Å². The molecule has 2 heteroatoms. The van der Waals surface area contributed by atoms with E-state index in [9.17, 15) is 0 Å². The van der Waals surface area contributed by atoms with Crippen molar-refractivity contribution in [3.63, 3.8) is 0 Å². The Bertz CT molecular complexity index is 483. The zero-order chi connectivity index (χ0) is 22.5. The van der Waals surface area contributed by atoms with E-state index >= 15 is 0 Å². The lowest BCUT2D eigenvalue weighted by molar-refractivity contribution is -0.938. The molecule has 1 rings (SSSR count). The molecule has 0 bridgehead atoms. The van der Waals surface area contributed by atoms with Crippen LogP contribution in [0.2, 0.25) is 0 Å². The zero-order valence-electron chi connectivity index (χ0n) is 22.1. The average molecular weight is 511 g/mol. The summed E-state index contributed by atoms with van der Waals surface area (Å²) < 4.78 is 1.25. The Morgan fingerprint density at radius 3 is 1.25 bits per heavy atom. The van der Waals surface area contributed by atoms with Crippen LogP contribution < -0.4 is 17.0 Å². The van der Waals surface area contributed by atoms with Crippen molar-refractivity contribution < 1.29 is 21.5 Å². The molecule has 0 fully saturated rings. The van der Waals surface area contributed by atoms with Crippen molar-refractivity contribution in [2.24, 2.45) is 0 Å². The predicted octanol–water partition coefficient (Wildman–Crippen LogP) is 6.70. The first-order valence-electron chi connectivity index (χ1n) is 14.2. The van der Waals surface area contributed by atoms with Gasteiger partial charge in [-0.3, -0.25) is 0 Å². The second-order valence-corrected chi connectivity index (χ2v) is 10.00. The highest BCUT2D eigenvalue weighted by Gasteiger charge is 2.22. The fourth-order valence-electron chi connectivity index (χ4n) is 4.99. The van der Waals surface area contributed by atoms with Gasteiger partial charge in [0.15, 0.2) is 0 Å². The standard InChI is InChI=1S/C30H56N.BrH/c1-4-7-8-9-10-11-12-13-14-15-16-17-18-19-20-21-25-28-31(5-2,6-3)29-30-26-23-22-24-27-30;/h22-24,26-27H,4-21,25,28-29H2,1-3H3;1H/q+1;/p-1. The third-order valence-electron chi connectivity index (χ3n) is 7.44. The van der Waals surface area contributed by atoms with Gasteiger partial charge in [0.05, 0.1) is 19.6 Å². The minimum absolute atomic E-state index is 0. The lowest BCUT2D eigenvalue weighted by Gasteiger charge is -2.37. The second-order valence-electron chi connectivity index (χ2n) is 10.00. The van der Waals surface area contributed by atoms with Crippen molar-refractivity contribution in [3.8, 4) is 0 Å². The lowest BCUT2D eigenvalue weighted by atomic mass is 10.0. The fraction of sp³-hybridized carbons (Fsp3) is 0.800. The summed E-state index contributed by atoms with van der Waals surface area (Å²) in [5.74, 6) is 0. The topological polar surface area (TPSA) is 0 Å². The molecule has 0 aromatic heterocycles. The molecule has 32 heavy (non-hydrogen) atoms. The van der Waals surface area contributed by atoms with Gasteiger partial charge in [0.2, 0.25) is 0 Å². The molecule has 0 aliphatic rings. The summed E-state index contributed by atoms with van der Waals surface area (Å²) in [6.45, 7) is 12.1. The van der Waals surface area contributed by atoms with Gasteiger partial charge in [0, 0.05) is 5.56 Å². The van der Waals surface area contributed by atoms with Crippen molar-refractivity contribution in [3.05, 3.63) is 35.9 Å². The number of nitrogens with zero attached hydrogens (tertiary/aromatic N) is 1. The van der Waals surface area contributed by atoms with Gasteiger partial charge < -0.3 is 21.5 Å². The van der Waals surface area contributed by atoms with Crippen molar-refractivity contribution in [1.82, 2.24) is 0 Å². The molecular formula is C30H56BrN. The van der Waals surface area contributed by atoms with E-state index in [1.165, 1.54) is 145 Å². The Labute approximate surface area is 213 Å². The van der Waals surface area contributed by atoms with Gasteiger partial charge >= 0.3 is 0 Å². The normalized spacial score (nSPS) is 11.5. The van der Waals surface area contributed by atoms with Crippen molar-refractivity contribution >= 4 is 0 Å². The molecule has 0 saturated heterocycles. The monoisotopic (exact) mass is 509 g/mol. The molecule has 0 spiro atoms. The molecule has 0 saturated carbocycles. The third-order valence-corrected chi connectivity index (χ3v) is 7.44. The van der Waals surface area contributed by atoms with Gasteiger partial charge in [-0.2, -0.15) is 0 Å². The molecule has 1 nitrogen and oxygen atoms in total. The quantitative estimate of drug-likeness (QED) is 0.120. The van der Waals surface area contributed by atoms with Gasteiger partial charge in [0.1, 0.15) is 6.54 Å². The summed E-state index contributed by atoms with van der Waals surface area (Å²) in [4.78, 5) is 0. The van der Waals surface area contributed by atoms with Gasteiger partial charge in [0.25, 0.3) is 0 Å². The van der Waals surface area contributed by atoms with E-state index in [-0.39, 0.29) is 17.0 Å². The minimum atomic E-state index is 0. The summed E-state index contributed by atoms with van der Waals surface area (Å²) in [6.07, 6.45) is 24.7. The Kier molecular flexibility index (Phi) is 22.2. The number of unbranched alkanes of at least 4 members (excludes halogenated alkanes) is 16. The number of benzene rings is 1. The van der Waals surface area contributed by atoms with Crippen LogP contribution in [0.15, 0.2) is 30.3 Å². The first-order valence-corrected chi connectivity index (χ1v) is 14.2. The maximum absolute atomic E-state index is 2.38. The molecule has 1 aromatic rings. The molecule has 1 aromatic carbocycles. The van der Waals surface area contributed by atoms with Crippen molar-refractivity contribution in [1.29, 1.82) is 0 Å². The SMILES string of the molecule is CCCCCCCCCCCCCCCCCCC[N+](CC)(CC)Cc1ccccc1.[Br-]. The second kappa shape index (κ2) is 22.5. The Balaban J connectivity index is 0.00000961. The first-order chi connectivity index (χ1) is 15.3. The van der Waals surface area contributed by atoms with Crippen LogP contribution in [0.3, 0.4) is 0 Å². The summed E-state index contributed by atoms with van der Waals surface area (Å²) in [7, 11) is 0. The summed E-state index contributed by atoms with van der Waals surface area (Å²) in [5, 5.41) is 0. The zero-order valence-corrected chi connectivity index (χ0v) is 23.6. The Hall–Kier alpha value is -0.340. The van der Waals surface area contributed by atoms with Crippen LogP contribution in [-0.2, 0) is 6.54 Å². The summed E-state index contributed by atoms with van der Waals surface area (Å²) in [5.41, 5.74) is 1.50. The number of rotatable bonds is 22. The van der Waals surface area contributed by atoms with Crippen molar-refractivity contribution in [2.75, 3.05) is 19.6 Å². The molecule has 188 valence electrons. The molecule has 0 aliphatic heterocycles. The van der Waals surface area contributed by atoms with E-state index in [1.54, 1.807) is 0 Å². The molecule has 0 atom stereocenters. The number of hydrogen-bond donors (Lipinski definition) is 0. The van der Waals surface area contributed by atoms with Gasteiger partial charge in [-0.05, 0) is 26.7 Å². The molecule has 0 amide bonds. The van der Waals surface area contributed by atoms with Crippen LogP contribution in [0.4, 0.5) is 0 Å². The van der Waals surface area contributed by atoms with Gasteiger partial charge in [-0.15, -0.1) is 0 Å².